The molecular formula is C21H19ClN6O3S. The van der Waals surface area contributed by atoms with Gasteiger partial charge >= 0.3 is 6.01 Å². The van der Waals surface area contributed by atoms with E-state index in [1.165, 1.54) is 18.2 Å². The SMILES string of the molecule is CCn1c(Oc2ccc3cc[nH]c3c2)nnc1[C@@H](C)NS(=O)(=O)c1ccc(C#N)cc1Cl. The van der Waals surface area contributed by atoms with Crippen LogP contribution in [0.25, 0.3) is 10.9 Å². The molecule has 2 aromatic carbocycles. The zero-order valence-electron chi connectivity index (χ0n) is 17.2. The Morgan fingerprint density at radius 1 is 1.25 bits per heavy atom. The first kappa shape index (κ1) is 21.8. The molecule has 9 nitrogen and oxygen atoms in total. The van der Waals surface area contributed by atoms with Gasteiger partial charge < -0.3 is 9.72 Å². The molecule has 11 heteroatoms. The van der Waals surface area contributed by atoms with Gasteiger partial charge in [0.25, 0.3) is 0 Å². The quantitative estimate of drug-likeness (QED) is 0.418. The normalized spacial score (nSPS) is 12.6. The number of fused-ring (bicyclic) bond motifs is 1. The molecule has 0 aliphatic rings. The fraction of sp³-hybridized carbons (Fsp3) is 0.190. The predicted octanol–water partition coefficient (Wildman–Crippen LogP) is 4.14. The van der Waals surface area contributed by atoms with Crippen molar-refractivity contribution in [2.24, 2.45) is 0 Å². The van der Waals surface area contributed by atoms with Gasteiger partial charge in [-0.2, -0.15) is 5.26 Å². The molecule has 0 amide bonds. The number of benzene rings is 2. The first-order valence-electron chi connectivity index (χ1n) is 9.72. The van der Waals surface area contributed by atoms with E-state index in [9.17, 15) is 8.42 Å². The molecule has 4 aromatic rings. The highest BCUT2D eigenvalue weighted by Crippen LogP contribution is 2.28. The van der Waals surface area contributed by atoms with Crippen molar-refractivity contribution in [2.45, 2.75) is 31.3 Å². The number of nitrogens with zero attached hydrogens (tertiary/aromatic N) is 4. The van der Waals surface area contributed by atoms with E-state index in [0.717, 1.165) is 10.9 Å². The molecule has 32 heavy (non-hydrogen) atoms. The minimum absolute atomic E-state index is 0.0376. The van der Waals surface area contributed by atoms with E-state index < -0.39 is 16.1 Å². The average Bonchev–Trinajstić information content (AvgIpc) is 3.39. The number of aromatic nitrogens is 4. The fourth-order valence-electron chi connectivity index (χ4n) is 3.33. The highest BCUT2D eigenvalue weighted by Gasteiger charge is 2.25. The van der Waals surface area contributed by atoms with E-state index in [1.54, 1.807) is 11.5 Å². The summed E-state index contributed by atoms with van der Waals surface area (Å²) >= 11 is 6.08. The number of ether oxygens (including phenoxy) is 1. The predicted molar refractivity (Wildman–Crippen MR) is 119 cm³/mol. The van der Waals surface area contributed by atoms with Crippen molar-refractivity contribution in [3.8, 4) is 17.8 Å². The van der Waals surface area contributed by atoms with Crippen LogP contribution >= 0.6 is 11.6 Å². The van der Waals surface area contributed by atoms with Crippen molar-refractivity contribution < 1.29 is 13.2 Å². The second kappa shape index (κ2) is 8.63. The van der Waals surface area contributed by atoms with E-state index in [0.29, 0.717) is 18.1 Å². The summed E-state index contributed by atoms with van der Waals surface area (Å²) in [6.45, 7) is 4.00. The van der Waals surface area contributed by atoms with Gasteiger partial charge in [-0.3, -0.25) is 4.57 Å². The number of nitrogens with one attached hydrogen (secondary N) is 2. The zero-order chi connectivity index (χ0) is 22.9. The van der Waals surface area contributed by atoms with Crippen LogP contribution < -0.4 is 9.46 Å². The monoisotopic (exact) mass is 470 g/mol. The van der Waals surface area contributed by atoms with Crippen LogP contribution in [-0.4, -0.2) is 28.2 Å². The number of sulfonamides is 1. The first-order chi connectivity index (χ1) is 15.3. The average molecular weight is 471 g/mol. The molecule has 2 aromatic heterocycles. The molecule has 164 valence electrons. The Hall–Kier alpha value is -3.39. The van der Waals surface area contributed by atoms with Crippen molar-refractivity contribution >= 4 is 32.5 Å². The molecule has 0 saturated heterocycles. The molecule has 1 atom stereocenters. The van der Waals surface area contributed by atoms with Crippen LogP contribution in [0, 0.1) is 11.3 Å². The summed E-state index contributed by atoms with van der Waals surface area (Å²) in [5, 5.41) is 18.2. The Morgan fingerprint density at radius 2 is 2.06 bits per heavy atom. The minimum atomic E-state index is -3.97. The number of hydrogen-bond donors (Lipinski definition) is 2. The molecule has 0 aliphatic carbocycles. The topological polar surface area (TPSA) is 126 Å². The highest BCUT2D eigenvalue weighted by molar-refractivity contribution is 7.89. The molecule has 2 heterocycles. The number of H-pyrrole nitrogens is 1. The molecule has 0 radical (unpaired) electrons. The van der Waals surface area contributed by atoms with Crippen LogP contribution in [0.2, 0.25) is 5.02 Å². The molecular weight excluding hydrogens is 452 g/mol. The van der Waals surface area contributed by atoms with Gasteiger partial charge in [0.15, 0.2) is 5.82 Å². The molecule has 0 fully saturated rings. The summed E-state index contributed by atoms with van der Waals surface area (Å²) in [5.74, 6) is 0.961. The summed E-state index contributed by atoms with van der Waals surface area (Å²) in [4.78, 5) is 3.00. The number of rotatable bonds is 7. The van der Waals surface area contributed by atoms with Crippen LogP contribution in [0.1, 0.15) is 31.3 Å². The molecule has 0 aliphatic heterocycles. The number of nitriles is 1. The molecule has 4 rings (SSSR count). The van der Waals surface area contributed by atoms with E-state index in [-0.39, 0.29) is 21.5 Å². The van der Waals surface area contributed by atoms with Crippen molar-refractivity contribution in [3.63, 3.8) is 0 Å². The van der Waals surface area contributed by atoms with Crippen LogP contribution in [0.4, 0.5) is 0 Å². The highest BCUT2D eigenvalue weighted by atomic mass is 35.5. The first-order valence-corrected chi connectivity index (χ1v) is 11.6. The lowest BCUT2D eigenvalue weighted by Gasteiger charge is -2.16. The molecule has 0 bridgehead atoms. The zero-order valence-corrected chi connectivity index (χ0v) is 18.8. The van der Waals surface area contributed by atoms with Crippen molar-refractivity contribution in [1.29, 1.82) is 5.26 Å². The van der Waals surface area contributed by atoms with E-state index in [4.69, 9.17) is 21.6 Å². The lowest BCUT2D eigenvalue weighted by molar-refractivity contribution is 0.408. The van der Waals surface area contributed by atoms with Crippen molar-refractivity contribution in [2.75, 3.05) is 0 Å². The maximum atomic E-state index is 12.9. The Balaban J connectivity index is 1.58. The van der Waals surface area contributed by atoms with E-state index in [2.05, 4.69) is 19.9 Å². The van der Waals surface area contributed by atoms with Gasteiger partial charge in [0, 0.05) is 24.3 Å². The Labute approximate surface area is 189 Å². The molecule has 0 unspecified atom stereocenters. The number of hydrogen-bond acceptors (Lipinski definition) is 6. The third kappa shape index (κ3) is 4.18. The lowest BCUT2D eigenvalue weighted by atomic mass is 10.2. The summed E-state index contributed by atoms with van der Waals surface area (Å²) in [6.07, 6.45) is 1.84. The smallest absolute Gasteiger partial charge is 0.322 e. The van der Waals surface area contributed by atoms with Crippen LogP contribution in [0.15, 0.2) is 53.6 Å². The number of halogens is 1. The second-order valence-corrected chi connectivity index (χ2v) is 9.10. The van der Waals surface area contributed by atoms with Crippen LogP contribution in [0.5, 0.6) is 11.8 Å². The van der Waals surface area contributed by atoms with Gasteiger partial charge in [-0.05, 0) is 55.6 Å². The summed E-state index contributed by atoms with van der Waals surface area (Å²) < 4.78 is 35.9. The lowest BCUT2D eigenvalue weighted by Crippen LogP contribution is -2.29. The van der Waals surface area contributed by atoms with Gasteiger partial charge in [-0.15, -0.1) is 5.10 Å². The van der Waals surface area contributed by atoms with Gasteiger partial charge in [-0.1, -0.05) is 16.7 Å². The van der Waals surface area contributed by atoms with Gasteiger partial charge in [0.2, 0.25) is 10.0 Å². The minimum Gasteiger partial charge on any atom is -0.424 e. The third-order valence-electron chi connectivity index (χ3n) is 4.87. The fourth-order valence-corrected chi connectivity index (χ4v) is 5.07. The molecule has 0 spiro atoms. The molecule has 0 saturated carbocycles. The Morgan fingerprint density at radius 3 is 2.78 bits per heavy atom. The summed E-state index contributed by atoms with van der Waals surface area (Å²) in [6, 6.07) is 13.0. The maximum Gasteiger partial charge on any atom is 0.322 e. The van der Waals surface area contributed by atoms with Gasteiger partial charge in [0.1, 0.15) is 10.6 Å². The standard InChI is InChI=1S/C21H19ClN6O3S/c1-3-28-20(13(2)27-32(29,30)19-7-4-14(12-23)10-17(19)22)25-26-21(28)31-16-6-5-15-8-9-24-18(15)11-16/h4-11,13,24,27H,3H2,1-2H3/t13-/m1/s1. The van der Waals surface area contributed by atoms with Crippen molar-refractivity contribution in [3.05, 3.63) is 65.1 Å². The largest absolute Gasteiger partial charge is 0.424 e. The Kier molecular flexibility index (Phi) is 5.88. The maximum absolute atomic E-state index is 12.9. The Bertz CT molecular complexity index is 1440. The van der Waals surface area contributed by atoms with E-state index in [1.807, 2.05) is 43.5 Å². The summed E-state index contributed by atoms with van der Waals surface area (Å²) in [7, 11) is -3.97. The third-order valence-corrected chi connectivity index (χ3v) is 6.89. The number of aromatic amines is 1. The van der Waals surface area contributed by atoms with Crippen LogP contribution in [0.3, 0.4) is 0 Å². The summed E-state index contributed by atoms with van der Waals surface area (Å²) in [5.41, 5.74) is 1.19. The van der Waals surface area contributed by atoms with E-state index >= 15 is 0 Å². The van der Waals surface area contributed by atoms with Gasteiger partial charge in [-0.25, -0.2) is 13.1 Å². The van der Waals surface area contributed by atoms with Crippen LogP contribution in [-0.2, 0) is 16.6 Å². The molecule has 2 N–H and O–H groups in total. The van der Waals surface area contributed by atoms with Gasteiger partial charge in [0.05, 0.1) is 22.7 Å². The second-order valence-electron chi connectivity index (χ2n) is 7.01. The van der Waals surface area contributed by atoms with Crippen molar-refractivity contribution in [1.82, 2.24) is 24.5 Å².